The molecule has 1 fully saturated rings. The molecule has 1 amide bonds. The highest BCUT2D eigenvalue weighted by atomic mass is 16.5. The van der Waals surface area contributed by atoms with E-state index in [0.29, 0.717) is 11.7 Å². The Bertz CT molecular complexity index is 414. The van der Waals surface area contributed by atoms with Gasteiger partial charge in [0.05, 0.1) is 12.8 Å². The number of amides is 1. The molecule has 1 N–H and O–H groups in total. The minimum absolute atomic E-state index is 0.108. The van der Waals surface area contributed by atoms with Gasteiger partial charge in [-0.15, -0.1) is 0 Å². The van der Waals surface area contributed by atoms with E-state index in [2.05, 4.69) is 12.2 Å². The normalized spacial score (nSPS) is 22.7. The summed E-state index contributed by atoms with van der Waals surface area (Å²) in [5.74, 6) is 1.53. The van der Waals surface area contributed by atoms with Crippen molar-refractivity contribution >= 4 is 11.6 Å². The van der Waals surface area contributed by atoms with Crippen molar-refractivity contribution in [3.05, 3.63) is 23.8 Å². The van der Waals surface area contributed by atoms with Gasteiger partial charge in [0.1, 0.15) is 5.75 Å². The van der Waals surface area contributed by atoms with E-state index in [4.69, 9.17) is 4.74 Å². The first-order valence-corrected chi connectivity index (χ1v) is 5.57. The Hall–Kier alpha value is -1.51. The van der Waals surface area contributed by atoms with Crippen LogP contribution < -0.4 is 10.1 Å². The zero-order chi connectivity index (χ0) is 11.7. The maximum absolute atomic E-state index is 11.8. The fourth-order valence-electron chi connectivity index (χ4n) is 1.83. The highest BCUT2D eigenvalue weighted by Gasteiger charge is 2.39. The van der Waals surface area contributed by atoms with Gasteiger partial charge < -0.3 is 10.1 Å². The number of benzene rings is 1. The molecule has 3 heteroatoms. The summed E-state index contributed by atoms with van der Waals surface area (Å²) in [5.41, 5.74) is 1.88. The molecule has 0 radical (unpaired) electrons. The fourth-order valence-corrected chi connectivity index (χ4v) is 1.83. The lowest BCUT2D eigenvalue weighted by Gasteiger charge is -2.10. The summed E-state index contributed by atoms with van der Waals surface area (Å²) in [6, 6.07) is 5.78. The van der Waals surface area contributed by atoms with Crippen LogP contribution in [0.2, 0.25) is 0 Å². The Morgan fingerprint density at radius 2 is 2.19 bits per heavy atom. The van der Waals surface area contributed by atoms with Crippen LogP contribution in [-0.4, -0.2) is 13.0 Å². The van der Waals surface area contributed by atoms with Crippen molar-refractivity contribution in [1.29, 1.82) is 0 Å². The molecule has 0 aliphatic heterocycles. The van der Waals surface area contributed by atoms with Crippen molar-refractivity contribution in [2.45, 2.75) is 20.3 Å². The van der Waals surface area contributed by atoms with Crippen molar-refractivity contribution < 1.29 is 9.53 Å². The number of carbonyl (C=O) groups is 1. The van der Waals surface area contributed by atoms with Crippen LogP contribution in [0.1, 0.15) is 18.9 Å². The van der Waals surface area contributed by atoms with E-state index in [9.17, 15) is 4.79 Å². The number of aryl methyl sites for hydroxylation is 1. The summed E-state index contributed by atoms with van der Waals surface area (Å²) in [6.45, 7) is 4.09. The molecule has 0 saturated heterocycles. The van der Waals surface area contributed by atoms with Gasteiger partial charge in [-0.2, -0.15) is 0 Å². The van der Waals surface area contributed by atoms with Crippen LogP contribution in [0.15, 0.2) is 18.2 Å². The molecule has 2 unspecified atom stereocenters. The van der Waals surface area contributed by atoms with Gasteiger partial charge in [-0.3, -0.25) is 4.79 Å². The van der Waals surface area contributed by atoms with E-state index in [1.165, 1.54) is 0 Å². The average molecular weight is 219 g/mol. The molecule has 3 nitrogen and oxygen atoms in total. The molecule has 1 aromatic rings. The molecule has 1 aliphatic rings. The lowest BCUT2D eigenvalue weighted by Crippen LogP contribution is -2.15. The predicted octanol–water partition coefficient (Wildman–Crippen LogP) is 2.60. The zero-order valence-electron chi connectivity index (χ0n) is 9.91. The van der Waals surface area contributed by atoms with Gasteiger partial charge >= 0.3 is 0 Å². The topological polar surface area (TPSA) is 38.3 Å². The standard InChI is InChI=1S/C13H17NO2/c1-8-4-5-12(16-3)11(6-8)14-13(15)10-7-9(10)2/h4-6,9-10H,7H2,1-3H3,(H,14,15). The minimum atomic E-state index is 0.108. The van der Waals surface area contributed by atoms with Gasteiger partial charge in [0.2, 0.25) is 5.91 Å². The van der Waals surface area contributed by atoms with Gasteiger partial charge in [-0.25, -0.2) is 0 Å². The molecular formula is C13H17NO2. The number of ether oxygens (including phenoxy) is 1. The number of rotatable bonds is 3. The van der Waals surface area contributed by atoms with Gasteiger partial charge in [0.25, 0.3) is 0 Å². The van der Waals surface area contributed by atoms with Crippen LogP contribution in [0.3, 0.4) is 0 Å². The molecule has 1 aliphatic carbocycles. The second kappa shape index (κ2) is 4.16. The Balaban J connectivity index is 2.13. The number of hydrogen-bond acceptors (Lipinski definition) is 2. The lowest BCUT2D eigenvalue weighted by molar-refractivity contribution is -0.117. The highest BCUT2D eigenvalue weighted by Crippen LogP contribution is 2.39. The van der Waals surface area contributed by atoms with E-state index in [-0.39, 0.29) is 11.8 Å². The molecule has 86 valence electrons. The molecule has 2 rings (SSSR count). The van der Waals surface area contributed by atoms with Crippen molar-refractivity contribution in [3.63, 3.8) is 0 Å². The largest absolute Gasteiger partial charge is 0.495 e. The van der Waals surface area contributed by atoms with E-state index < -0.39 is 0 Å². The maximum Gasteiger partial charge on any atom is 0.227 e. The molecular weight excluding hydrogens is 202 g/mol. The Labute approximate surface area is 95.8 Å². The summed E-state index contributed by atoms with van der Waals surface area (Å²) in [5, 5.41) is 2.93. The number of nitrogens with one attached hydrogen (secondary N) is 1. The third-order valence-corrected chi connectivity index (χ3v) is 3.06. The van der Waals surface area contributed by atoms with Crippen molar-refractivity contribution in [3.8, 4) is 5.75 Å². The summed E-state index contributed by atoms with van der Waals surface area (Å²) in [6.07, 6.45) is 1.000. The quantitative estimate of drug-likeness (QED) is 0.848. The van der Waals surface area contributed by atoms with Gasteiger partial charge in [0, 0.05) is 5.92 Å². The summed E-state index contributed by atoms with van der Waals surface area (Å²) < 4.78 is 5.21. The van der Waals surface area contributed by atoms with E-state index in [0.717, 1.165) is 17.7 Å². The second-order valence-electron chi connectivity index (χ2n) is 4.51. The van der Waals surface area contributed by atoms with Crippen molar-refractivity contribution in [2.24, 2.45) is 11.8 Å². The van der Waals surface area contributed by atoms with Gasteiger partial charge in [-0.1, -0.05) is 13.0 Å². The van der Waals surface area contributed by atoms with Crippen molar-refractivity contribution in [2.75, 3.05) is 12.4 Å². The average Bonchev–Trinajstić information content (AvgIpc) is 2.96. The summed E-state index contributed by atoms with van der Waals surface area (Å²) in [7, 11) is 1.61. The van der Waals surface area contributed by atoms with Crippen LogP contribution >= 0.6 is 0 Å². The lowest BCUT2D eigenvalue weighted by atomic mass is 10.2. The second-order valence-corrected chi connectivity index (χ2v) is 4.51. The van der Waals surface area contributed by atoms with E-state index in [1.54, 1.807) is 7.11 Å². The Morgan fingerprint density at radius 1 is 1.50 bits per heavy atom. The van der Waals surface area contributed by atoms with Crippen LogP contribution in [0.25, 0.3) is 0 Å². The van der Waals surface area contributed by atoms with Crippen LogP contribution in [0.5, 0.6) is 5.75 Å². The van der Waals surface area contributed by atoms with Crippen LogP contribution in [0.4, 0.5) is 5.69 Å². The molecule has 1 aromatic carbocycles. The third-order valence-electron chi connectivity index (χ3n) is 3.06. The number of anilines is 1. The molecule has 0 spiro atoms. The van der Waals surface area contributed by atoms with Gasteiger partial charge in [-0.05, 0) is 37.0 Å². The maximum atomic E-state index is 11.8. The Kier molecular flexibility index (Phi) is 2.86. The fraction of sp³-hybridized carbons (Fsp3) is 0.462. The zero-order valence-corrected chi connectivity index (χ0v) is 9.91. The van der Waals surface area contributed by atoms with Crippen molar-refractivity contribution in [1.82, 2.24) is 0 Å². The van der Waals surface area contributed by atoms with Gasteiger partial charge in [0.15, 0.2) is 0 Å². The number of methoxy groups -OCH3 is 1. The minimum Gasteiger partial charge on any atom is -0.495 e. The smallest absolute Gasteiger partial charge is 0.227 e. The molecule has 16 heavy (non-hydrogen) atoms. The predicted molar refractivity (Wildman–Crippen MR) is 63.6 cm³/mol. The Morgan fingerprint density at radius 3 is 2.75 bits per heavy atom. The SMILES string of the molecule is COc1ccc(C)cc1NC(=O)C1CC1C. The summed E-state index contributed by atoms with van der Waals surface area (Å²) >= 11 is 0. The molecule has 0 aromatic heterocycles. The number of carbonyl (C=O) groups excluding carboxylic acids is 1. The first kappa shape index (κ1) is 11.0. The van der Waals surface area contributed by atoms with E-state index in [1.807, 2.05) is 25.1 Å². The first-order valence-electron chi connectivity index (χ1n) is 5.57. The molecule has 1 saturated carbocycles. The number of hydrogen-bond donors (Lipinski definition) is 1. The molecule has 0 heterocycles. The monoisotopic (exact) mass is 219 g/mol. The molecule has 2 atom stereocenters. The van der Waals surface area contributed by atoms with E-state index >= 15 is 0 Å². The first-order chi connectivity index (χ1) is 7.61. The van der Waals surface area contributed by atoms with Crippen LogP contribution in [-0.2, 0) is 4.79 Å². The molecule has 0 bridgehead atoms. The third kappa shape index (κ3) is 2.18. The summed E-state index contributed by atoms with van der Waals surface area (Å²) in [4.78, 5) is 11.8. The highest BCUT2D eigenvalue weighted by molar-refractivity contribution is 5.95. The van der Waals surface area contributed by atoms with Crippen LogP contribution in [0, 0.1) is 18.8 Å².